The lowest BCUT2D eigenvalue weighted by molar-refractivity contribution is -0.107. The third-order valence-corrected chi connectivity index (χ3v) is 7.20. The van der Waals surface area contributed by atoms with Crippen LogP contribution < -0.4 is 0 Å². The van der Waals surface area contributed by atoms with Crippen molar-refractivity contribution in [3.8, 4) is 0 Å². The van der Waals surface area contributed by atoms with Crippen LogP contribution in [0.25, 0.3) is 12.2 Å². The van der Waals surface area contributed by atoms with Crippen molar-refractivity contribution in [3.05, 3.63) is 228 Å². The first-order valence-corrected chi connectivity index (χ1v) is 18.4. The molecule has 0 saturated heterocycles. The molecule has 0 radical (unpaired) electrons. The van der Waals surface area contributed by atoms with Crippen LogP contribution in [0.4, 0.5) is 0 Å². The largest absolute Gasteiger partial charge is 0.396 e. The minimum atomic E-state index is 0.106. The predicted octanol–water partition coefficient (Wildman–Crippen LogP) is 9.70. The van der Waals surface area contributed by atoms with E-state index in [4.69, 9.17) is 15.3 Å². The molecule has 6 aromatic rings. The quantitative estimate of drug-likeness (QED) is 0.0849. The third-order valence-electron chi connectivity index (χ3n) is 7.20. The zero-order valence-electron chi connectivity index (χ0n) is 31.9. The van der Waals surface area contributed by atoms with Crippen molar-refractivity contribution in [2.75, 3.05) is 13.2 Å². The molecular weight excluding hydrogens is 697 g/mol. The van der Waals surface area contributed by atoms with E-state index < -0.39 is 0 Å². The van der Waals surface area contributed by atoms with E-state index in [-0.39, 0.29) is 19.8 Å². The average molecular weight is 751 g/mol. The van der Waals surface area contributed by atoms with E-state index in [0.717, 1.165) is 60.4 Å². The van der Waals surface area contributed by atoms with Gasteiger partial charge in [0, 0.05) is 18.6 Å². The first-order chi connectivity index (χ1) is 27.6. The highest BCUT2D eigenvalue weighted by Gasteiger charge is 1.89. The summed E-state index contributed by atoms with van der Waals surface area (Å²) in [6.45, 7) is 0.532. The van der Waals surface area contributed by atoms with Gasteiger partial charge in [-0.25, -0.2) is 0 Å². The molecule has 0 aliphatic heterocycles. The van der Waals surface area contributed by atoms with E-state index >= 15 is 0 Å². The van der Waals surface area contributed by atoms with Gasteiger partial charge in [0.05, 0.1) is 13.2 Å². The second kappa shape index (κ2) is 35.7. The zero-order chi connectivity index (χ0) is 40.6. The second-order valence-electron chi connectivity index (χ2n) is 11.6. The summed E-state index contributed by atoms with van der Waals surface area (Å²) in [6, 6.07) is 58.4. The number of carbonyl (C=O) groups is 3. The smallest absolute Gasteiger partial charge is 0.150 e. The second-order valence-corrected chi connectivity index (χ2v) is 11.6. The Balaban J connectivity index is 0.000000337. The molecule has 6 aromatic carbocycles. The van der Waals surface area contributed by atoms with Crippen molar-refractivity contribution in [3.63, 3.8) is 0 Å². The maximum Gasteiger partial charge on any atom is 0.150 e. The molecule has 0 aromatic heterocycles. The summed E-state index contributed by atoms with van der Waals surface area (Å²) in [7, 11) is 0. The molecule has 0 heterocycles. The maximum absolute atomic E-state index is 10.0. The van der Waals surface area contributed by atoms with Crippen LogP contribution in [0.3, 0.4) is 0 Å². The highest BCUT2D eigenvalue weighted by Crippen LogP contribution is 2.03. The number of benzene rings is 6. The molecule has 0 fully saturated rings. The van der Waals surface area contributed by atoms with E-state index in [1.54, 1.807) is 24.3 Å². The van der Waals surface area contributed by atoms with E-state index in [1.807, 2.05) is 164 Å². The number of allylic oxidation sites excluding steroid dienone is 1. The van der Waals surface area contributed by atoms with Crippen LogP contribution >= 0.6 is 0 Å². The van der Waals surface area contributed by atoms with Gasteiger partial charge in [0.1, 0.15) is 18.9 Å². The Hall–Kier alpha value is -6.31. The molecule has 6 nitrogen and oxygen atoms in total. The van der Waals surface area contributed by atoms with Gasteiger partial charge in [-0.15, -0.1) is 0 Å². The molecule has 56 heavy (non-hydrogen) atoms. The molecule has 6 rings (SSSR count). The van der Waals surface area contributed by atoms with E-state index in [0.29, 0.717) is 6.42 Å². The Bertz CT molecular complexity index is 1810. The molecule has 290 valence electrons. The zero-order valence-corrected chi connectivity index (χ0v) is 31.9. The molecule has 3 N–H and O–H groups in total. The van der Waals surface area contributed by atoms with Gasteiger partial charge in [-0.2, -0.15) is 0 Å². The molecule has 0 unspecified atom stereocenters. The van der Waals surface area contributed by atoms with Crippen molar-refractivity contribution in [1.29, 1.82) is 0 Å². The number of carbonyl (C=O) groups excluding carboxylic acids is 3. The van der Waals surface area contributed by atoms with Crippen molar-refractivity contribution in [2.45, 2.75) is 32.3 Å². The van der Waals surface area contributed by atoms with Crippen molar-refractivity contribution in [1.82, 2.24) is 0 Å². The molecule has 0 atom stereocenters. The highest BCUT2D eigenvalue weighted by atomic mass is 16.3. The minimum Gasteiger partial charge on any atom is -0.396 e. The molecule has 6 heteroatoms. The number of hydrogen-bond donors (Lipinski definition) is 3. The number of aryl methyl sites for hydroxylation is 2. The molecule has 0 aliphatic rings. The van der Waals surface area contributed by atoms with Crippen LogP contribution in [0.5, 0.6) is 0 Å². The number of aldehydes is 3. The summed E-state index contributed by atoms with van der Waals surface area (Å²) in [6.07, 6.45) is 12.8. The Morgan fingerprint density at radius 1 is 0.429 bits per heavy atom. The van der Waals surface area contributed by atoms with E-state index in [1.165, 1.54) is 17.2 Å². The van der Waals surface area contributed by atoms with Crippen LogP contribution in [0.2, 0.25) is 0 Å². The number of aliphatic hydroxyl groups is 3. The molecule has 0 saturated carbocycles. The maximum atomic E-state index is 10.0. The van der Waals surface area contributed by atoms with Crippen LogP contribution in [0.1, 0.15) is 51.0 Å². The molecule has 0 aliphatic carbocycles. The van der Waals surface area contributed by atoms with Gasteiger partial charge in [-0.05, 0) is 53.2 Å². The predicted molar refractivity (Wildman–Crippen MR) is 231 cm³/mol. The fraction of sp³-hybridized carbons (Fsp3) is 0.140. The summed E-state index contributed by atoms with van der Waals surface area (Å²) in [5, 5.41) is 25.5. The number of hydrogen-bond acceptors (Lipinski definition) is 6. The van der Waals surface area contributed by atoms with Crippen LogP contribution in [0.15, 0.2) is 194 Å². The van der Waals surface area contributed by atoms with Gasteiger partial charge >= 0.3 is 0 Å². The van der Waals surface area contributed by atoms with Gasteiger partial charge in [-0.1, -0.05) is 200 Å². The van der Waals surface area contributed by atoms with E-state index in [9.17, 15) is 14.4 Å². The van der Waals surface area contributed by atoms with Crippen LogP contribution in [-0.2, 0) is 29.0 Å². The monoisotopic (exact) mass is 750 g/mol. The molecule has 0 bridgehead atoms. The molecule has 0 spiro atoms. The summed E-state index contributed by atoms with van der Waals surface area (Å²) < 4.78 is 0. The van der Waals surface area contributed by atoms with Gasteiger partial charge in [0.15, 0.2) is 0 Å². The van der Waals surface area contributed by atoms with Crippen molar-refractivity contribution >= 4 is 31.0 Å². The lowest BCUT2D eigenvalue weighted by Crippen LogP contribution is -1.87. The summed E-state index contributed by atoms with van der Waals surface area (Å²) >= 11 is 0. The first kappa shape index (κ1) is 47.7. The lowest BCUT2D eigenvalue weighted by atomic mass is 10.1. The Morgan fingerprint density at radius 3 is 1.16 bits per heavy atom. The Kier molecular flexibility index (Phi) is 30.4. The van der Waals surface area contributed by atoms with Crippen LogP contribution in [-0.4, -0.2) is 47.4 Å². The highest BCUT2D eigenvalue weighted by molar-refractivity contribution is 5.74. The summed E-state index contributed by atoms with van der Waals surface area (Å²) in [4.78, 5) is 29.9. The van der Waals surface area contributed by atoms with Gasteiger partial charge in [-0.3, -0.25) is 9.59 Å². The standard InChI is InChI=1S/C9H12O.2C9H10O.C9H8O.C7H8O.C7H6O/c4*10-8-4-7-9-5-2-1-3-6-9;2*8-6-7-4-2-1-3-5-7/h1-3,5-6,10H,4,7-8H2;1-3,5-6,8H,4,7H2;1-7,10H,8H2;1-8H;1-5,8H,6H2;1-6H/b;;2*7-4+;;. The molecular formula is C50H54O6. The average Bonchev–Trinajstić information content (AvgIpc) is 3.29. The normalized spacial score (nSPS) is 9.55. The van der Waals surface area contributed by atoms with Gasteiger partial charge in [0.25, 0.3) is 0 Å². The van der Waals surface area contributed by atoms with Crippen molar-refractivity contribution < 1.29 is 29.7 Å². The third kappa shape index (κ3) is 27.3. The Labute approximate surface area is 332 Å². The summed E-state index contributed by atoms with van der Waals surface area (Å²) in [5.74, 6) is 0. The fourth-order valence-corrected chi connectivity index (χ4v) is 4.38. The minimum absolute atomic E-state index is 0.106. The number of rotatable bonds is 12. The van der Waals surface area contributed by atoms with E-state index in [2.05, 4.69) is 12.1 Å². The topological polar surface area (TPSA) is 112 Å². The lowest BCUT2D eigenvalue weighted by Gasteiger charge is -1.96. The molecule has 0 amide bonds. The SMILES string of the molecule is O=C/C=C/c1ccccc1.O=CCCc1ccccc1.O=Cc1ccccc1.OC/C=C/c1ccccc1.OCCCc1ccccc1.OCc1ccccc1. The van der Waals surface area contributed by atoms with Gasteiger partial charge in [0.2, 0.25) is 0 Å². The number of aliphatic hydroxyl groups excluding tert-OH is 3. The van der Waals surface area contributed by atoms with Crippen LogP contribution in [0, 0.1) is 0 Å². The Morgan fingerprint density at radius 2 is 0.821 bits per heavy atom. The fourth-order valence-electron chi connectivity index (χ4n) is 4.38. The first-order valence-electron chi connectivity index (χ1n) is 18.4. The van der Waals surface area contributed by atoms with Crippen molar-refractivity contribution in [2.24, 2.45) is 0 Å². The summed E-state index contributed by atoms with van der Waals surface area (Å²) in [5.41, 5.74) is 6.40. The van der Waals surface area contributed by atoms with Gasteiger partial charge < -0.3 is 20.1 Å².